The average Bonchev–Trinajstić information content (AvgIpc) is 3.20. The summed E-state index contributed by atoms with van der Waals surface area (Å²) in [7, 11) is 3.54. The predicted molar refractivity (Wildman–Crippen MR) is 131 cm³/mol. The molecule has 1 unspecified atom stereocenters. The van der Waals surface area contributed by atoms with Gasteiger partial charge >= 0.3 is 6.03 Å². The lowest BCUT2D eigenvalue weighted by atomic mass is 9.54. The Morgan fingerprint density at radius 2 is 1.59 bits per heavy atom. The number of carbonyl (C=O) groups excluding carboxylic acids is 2. The molecule has 2 N–H and O–H groups in total. The first-order valence-corrected chi connectivity index (χ1v) is 13.8. The third-order valence-corrected chi connectivity index (χ3v) is 9.69. The highest BCUT2D eigenvalue weighted by Gasteiger charge is 2.49. The summed E-state index contributed by atoms with van der Waals surface area (Å²) < 4.78 is 2.23. The monoisotopic (exact) mass is 467 g/mol. The number of hydrogen-bond donors (Lipinski definition) is 2. The van der Waals surface area contributed by atoms with Gasteiger partial charge in [0.15, 0.2) is 5.69 Å². The lowest BCUT2D eigenvalue weighted by Crippen LogP contribution is -2.56. The van der Waals surface area contributed by atoms with E-state index in [0.717, 1.165) is 43.1 Å². The van der Waals surface area contributed by atoms with Gasteiger partial charge in [-0.05, 0) is 87.9 Å². The Labute approximate surface area is 203 Å². The van der Waals surface area contributed by atoms with Crippen LogP contribution >= 0.6 is 0 Å². The predicted octanol–water partition coefficient (Wildman–Crippen LogP) is 4.07. The van der Waals surface area contributed by atoms with Gasteiger partial charge in [-0.15, -0.1) is 0 Å². The maximum atomic E-state index is 13.8. The number of fused-ring (bicyclic) bond motifs is 1. The smallest absolute Gasteiger partial charge is 0.317 e. The van der Waals surface area contributed by atoms with Gasteiger partial charge in [0.05, 0.1) is 6.04 Å². The summed E-state index contributed by atoms with van der Waals surface area (Å²) in [6, 6.07) is 0.730. The van der Waals surface area contributed by atoms with Crippen LogP contribution in [0.2, 0.25) is 0 Å². The van der Waals surface area contributed by atoms with Crippen LogP contribution in [0, 0.1) is 23.7 Å². The third-order valence-electron chi connectivity index (χ3n) is 9.69. The molecule has 5 fully saturated rings. The van der Waals surface area contributed by atoms with E-state index >= 15 is 0 Å². The van der Waals surface area contributed by atoms with Crippen molar-refractivity contribution in [2.24, 2.45) is 23.7 Å². The average molecular weight is 468 g/mol. The van der Waals surface area contributed by atoms with Crippen LogP contribution in [0.4, 0.5) is 4.79 Å². The summed E-state index contributed by atoms with van der Waals surface area (Å²) in [5.41, 5.74) is 2.97. The van der Waals surface area contributed by atoms with Crippen molar-refractivity contribution in [2.75, 3.05) is 14.1 Å². The number of nitrogens with zero attached hydrogens (tertiary/aromatic N) is 3. The Kier molecular flexibility index (Phi) is 5.85. The van der Waals surface area contributed by atoms with E-state index in [9.17, 15) is 9.59 Å². The van der Waals surface area contributed by atoms with Crippen molar-refractivity contribution in [3.8, 4) is 0 Å². The number of urea groups is 1. The summed E-state index contributed by atoms with van der Waals surface area (Å²) in [6.45, 7) is 0. The Morgan fingerprint density at radius 3 is 2.24 bits per heavy atom. The van der Waals surface area contributed by atoms with Crippen LogP contribution in [-0.2, 0) is 12.8 Å². The molecule has 1 heterocycles. The normalized spacial score (nSPS) is 34.5. The van der Waals surface area contributed by atoms with E-state index in [-0.39, 0.29) is 18.0 Å². The van der Waals surface area contributed by atoms with E-state index in [1.165, 1.54) is 57.1 Å². The Balaban J connectivity index is 1.26. The number of carbonyl (C=O) groups is 2. The zero-order chi connectivity index (χ0) is 23.4. The molecule has 0 aromatic carbocycles. The van der Waals surface area contributed by atoms with E-state index in [4.69, 9.17) is 5.10 Å². The van der Waals surface area contributed by atoms with Crippen LogP contribution in [0.5, 0.6) is 0 Å². The molecule has 0 radical (unpaired) electrons. The van der Waals surface area contributed by atoms with E-state index < -0.39 is 0 Å². The fourth-order valence-electron chi connectivity index (χ4n) is 8.26. The maximum absolute atomic E-state index is 13.8. The molecular weight excluding hydrogens is 426 g/mol. The zero-order valence-electron chi connectivity index (χ0n) is 20.9. The zero-order valence-corrected chi connectivity index (χ0v) is 20.9. The van der Waals surface area contributed by atoms with Crippen molar-refractivity contribution >= 4 is 11.9 Å². The van der Waals surface area contributed by atoms with Crippen LogP contribution in [0.25, 0.3) is 0 Å². The molecule has 34 heavy (non-hydrogen) atoms. The van der Waals surface area contributed by atoms with Gasteiger partial charge in [0.25, 0.3) is 5.91 Å². The molecular formula is C27H41N5O2. The molecule has 1 aromatic heterocycles. The van der Waals surface area contributed by atoms with Gasteiger partial charge in [0.2, 0.25) is 0 Å². The lowest BCUT2D eigenvalue weighted by molar-refractivity contribution is -0.0120. The van der Waals surface area contributed by atoms with E-state index in [0.29, 0.717) is 36.0 Å². The van der Waals surface area contributed by atoms with E-state index in [2.05, 4.69) is 15.3 Å². The maximum Gasteiger partial charge on any atom is 0.317 e. The second kappa shape index (κ2) is 8.87. The largest absolute Gasteiger partial charge is 0.347 e. The molecule has 7 nitrogen and oxygen atoms in total. The van der Waals surface area contributed by atoms with Gasteiger partial charge in [-0.2, -0.15) is 5.10 Å². The van der Waals surface area contributed by atoms with Gasteiger partial charge < -0.3 is 15.5 Å². The number of rotatable bonds is 4. The van der Waals surface area contributed by atoms with Gasteiger partial charge in [0, 0.05) is 37.4 Å². The summed E-state index contributed by atoms with van der Waals surface area (Å²) >= 11 is 0. The SMILES string of the molecule is CN(C)C(=O)NC1CCc2c(c(C(=O)NC3C4CC5CC(C4)CC3C5)nn2C2CCCCC2)C1. The topological polar surface area (TPSA) is 79.3 Å². The minimum Gasteiger partial charge on any atom is -0.347 e. The van der Waals surface area contributed by atoms with Crippen molar-refractivity contribution in [1.82, 2.24) is 25.3 Å². The third kappa shape index (κ3) is 4.03. The van der Waals surface area contributed by atoms with Crippen molar-refractivity contribution < 1.29 is 9.59 Å². The molecule has 6 aliphatic rings. The minimum atomic E-state index is -0.0623. The van der Waals surface area contributed by atoms with Crippen LogP contribution in [0.3, 0.4) is 0 Å². The standard InChI is InChI=1S/C27H41N5O2/c1-31(2)27(34)28-20-8-9-23-22(15-20)25(30-32(23)21-6-4-3-5-7-21)26(33)29-24-18-11-16-10-17(13-18)14-19(24)12-16/h16-21,24H,3-15H2,1-2H3,(H,28,34)(H,29,33). The highest BCUT2D eigenvalue weighted by Crippen LogP contribution is 2.53. The number of hydrogen-bond acceptors (Lipinski definition) is 3. The molecule has 3 amide bonds. The molecule has 4 bridgehead atoms. The molecule has 1 atom stereocenters. The Hall–Kier alpha value is -2.05. The fraction of sp³-hybridized carbons (Fsp3) is 0.815. The fourth-order valence-corrected chi connectivity index (χ4v) is 8.26. The molecule has 7 heteroatoms. The summed E-state index contributed by atoms with van der Waals surface area (Å²) in [5, 5.41) is 11.7. The molecule has 5 saturated carbocycles. The number of amides is 3. The molecule has 186 valence electrons. The second-order valence-corrected chi connectivity index (χ2v) is 12.2. The van der Waals surface area contributed by atoms with Crippen molar-refractivity contribution in [3.63, 3.8) is 0 Å². The first-order valence-electron chi connectivity index (χ1n) is 13.8. The van der Waals surface area contributed by atoms with Crippen molar-refractivity contribution in [1.29, 1.82) is 0 Å². The lowest BCUT2D eigenvalue weighted by Gasteiger charge is -2.54. The number of aromatic nitrogens is 2. The number of nitrogens with one attached hydrogen (secondary N) is 2. The highest BCUT2D eigenvalue weighted by molar-refractivity contribution is 5.94. The molecule has 0 aliphatic heterocycles. The quantitative estimate of drug-likeness (QED) is 0.701. The molecule has 6 aliphatic carbocycles. The van der Waals surface area contributed by atoms with Crippen LogP contribution in [0.15, 0.2) is 0 Å². The Bertz CT molecular complexity index is 919. The first kappa shape index (κ1) is 22.4. The highest BCUT2D eigenvalue weighted by atomic mass is 16.2. The summed E-state index contributed by atoms with van der Waals surface area (Å²) in [4.78, 5) is 27.7. The minimum absolute atomic E-state index is 0.0304. The van der Waals surface area contributed by atoms with Crippen molar-refractivity contribution in [2.45, 2.75) is 102 Å². The van der Waals surface area contributed by atoms with Crippen molar-refractivity contribution in [3.05, 3.63) is 17.0 Å². The van der Waals surface area contributed by atoms with Crippen LogP contribution in [0.1, 0.15) is 98.4 Å². The van der Waals surface area contributed by atoms with E-state index in [1.807, 2.05) is 0 Å². The van der Waals surface area contributed by atoms with Crippen LogP contribution < -0.4 is 10.6 Å². The Morgan fingerprint density at radius 1 is 0.912 bits per heavy atom. The second-order valence-electron chi connectivity index (χ2n) is 12.2. The van der Waals surface area contributed by atoms with E-state index in [1.54, 1.807) is 19.0 Å². The molecule has 7 rings (SSSR count). The summed E-state index contributed by atoms with van der Waals surface area (Å²) in [6.07, 6.45) is 15.2. The van der Waals surface area contributed by atoms with Crippen LogP contribution in [-0.4, -0.2) is 52.8 Å². The van der Waals surface area contributed by atoms with Gasteiger partial charge in [-0.3, -0.25) is 9.48 Å². The summed E-state index contributed by atoms with van der Waals surface area (Å²) in [5.74, 6) is 3.14. The first-order chi connectivity index (χ1) is 16.5. The molecule has 1 aromatic rings. The van der Waals surface area contributed by atoms with Gasteiger partial charge in [-0.25, -0.2) is 4.79 Å². The van der Waals surface area contributed by atoms with Gasteiger partial charge in [-0.1, -0.05) is 19.3 Å². The molecule has 0 saturated heterocycles. The molecule has 0 spiro atoms. The van der Waals surface area contributed by atoms with Gasteiger partial charge in [0.1, 0.15) is 0 Å².